The van der Waals surface area contributed by atoms with E-state index in [1.54, 1.807) is 0 Å². The van der Waals surface area contributed by atoms with Gasteiger partial charge in [0.05, 0.1) is 11.0 Å². The van der Waals surface area contributed by atoms with Gasteiger partial charge < -0.3 is 9.30 Å². The SMILES string of the molecule is Cc1cc(Cl)ccc1O[C@@H](C)c1nc2cc(Cl)ccc2n1Cc1ccccc1. The standard InChI is InChI=1S/C23H20Cl2N2O/c1-15-12-18(24)9-11-22(15)28-16(2)23-26-20-13-19(25)8-10-21(20)27(23)14-17-6-4-3-5-7-17/h3-13,16H,14H2,1-2H3/t16-/m0/s1. The number of benzene rings is 3. The molecule has 0 saturated carbocycles. The minimum atomic E-state index is -0.241. The van der Waals surface area contributed by atoms with Crippen molar-refractivity contribution in [3.05, 3.63) is 93.7 Å². The smallest absolute Gasteiger partial charge is 0.153 e. The fourth-order valence-corrected chi connectivity index (χ4v) is 3.75. The highest BCUT2D eigenvalue weighted by Crippen LogP contribution is 2.30. The van der Waals surface area contributed by atoms with Gasteiger partial charge in [-0.15, -0.1) is 0 Å². The van der Waals surface area contributed by atoms with Crippen molar-refractivity contribution in [2.45, 2.75) is 26.5 Å². The molecule has 3 aromatic carbocycles. The number of aromatic nitrogens is 2. The summed E-state index contributed by atoms with van der Waals surface area (Å²) in [7, 11) is 0. The molecule has 1 atom stereocenters. The number of hydrogen-bond acceptors (Lipinski definition) is 2. The van der Waals surface area contributed by atoms with Crippen LogP contribution in [0.25, 0.3) is 11.0 Å². The zero-order valence-corrected chi connectivity index (χ0v) is 17.2. The molecule has 28 heavy (non-hydrogen) atoms. The summed E-state index contributed by atoms with van der Waals surface area (Å²) >= 11 is 12.3. The molecule has 0 bridgehead atoms. The van der Waals surface area contributed by atoms with Crippen molar-refractivity contribution >= 4 is 34.2 Å². The second kappa shape index (κ2) is 7.86. The normalized spacial score (nSPS) is 12.3. The summed E-state index contributed by atoms with van der Waals surface area (Å²) in [5.41, 5.74) is 4.09. The zero-order valence-electron chi connectivity index (χ0n) is 15.7. The Hall–Kier alpha value is -2.49. The topological polar surface area (TPSA) is 27.1 Å². The van der Waals surface area contributed by atoms with Crippen LogP contribution in [0.4, 0.5) is 0 Å². The zero-order chi connectivity index (χ0) is 19.7. The number of halogens is 2. The van der Waals surface area contributed by atoms with Gasteiger partial charge in [0.2, 0.25) is 0 Å². The van der Waals surface area contributed by atoms with E-state index in [-0.39, 0.29) is 6.10 Å². The Balaban J connectivity index is 1.75. The third-order valence-corrected chi connectivity index (χ3v) is 5.20. The third-order valence-electron chi connectivity index (χ3n) is 4.73. The van der Waals surface area contributed by atoms with Crippen molar-refractivity contribution in [1.82, 2.24) is 9.55 Å². The first-order valence-corrected chi connectivity index (χ1v) is 9.89. The molecule has 0 radical (unpaired) electrons. The molecule has 1 heterocycles. The molecule has 5 heteroatoms. The van der Waals surface area contributed by atoms with Gasteiger partial charge in [0.15, 0.2) is 11.9 Å². The van der Waals surface area contributed by atoms with Crippen LogP contribution in [0.3, 0.4) is 0 Å². The lowest BCUT2D eigenvalue weighted by atomic mass is 10.2. The summed E-state index contributed by atoms with van der Waals surface area (Å²) in [5, 5.41) is 1.37. The Morgan fingerprint density at radius 1 is 0.964 bits per heavy atom. The monoisotopic (exact) mass is 410 g/mol. The van der Waals surface area contributed by atoms with E-state index in [2.05, 4.69) is 16.7 Å². The summed E-state index contributed by atoms with van der Waals surface area (Å²) in [6.45, 7) is 4.71. The fraction of sp³-hybridized carbons (Fsp3) is 0.174. The number of ether oxygens (including phenoxy) is 1. The molecule has 0 fully saturated rings. The summed E-state index contributed by atoms with van der Waals surface area (Å²) in [6, 6.07) is 21.8. The number of rotatable bonds is 5. The van der Waals surface area contributed by atoms with Gasteiger partial charge in [0.1, 0.15) is 5.75 Å². The minimum absolute atomic E-state index is 0.241. The molecule has 4 aromatic rings. The van der Waals surface area contributed by atoms with Gasteiger partial charge in [0.25, 0.3) is 0 Å². The molecule has 0 spiro atoms. The van der Waals surface area contributed by atoms with E-state index in [0.717, 1.165) is 28.2 Å². The molecule has 0 N–H and O–H groups in total. The first kappa shape index (κ1) is 18.9. The summed E-state index contributed by atoms with van der Waals surface area (Å²) in [6.07, 6.45) is -0.241. The first-order chi connectivity index (χ1) is 13.5. The average Bonchev–Trinajstić information content (AvgIpc) is 3.02. The highest BCUT2D eigenvalue weighted by Gasteiger charge is 2.19. The maximum atomic E-state index is 6.25. The molecule has 1 aromatic heterocycles. The number of nitrogens with zero attached hydrogens (tertiary/aromatic N) is 2. The maximum absolute atomic E-state index is 6.25. The van der Waals surface area contributed by atoms with Gasteiger partial charge in [0, 0.05) is 16.6 Å². The van der Waals surface area contributed by atoms with Crippen molar-refractivity contribution < 1.29 is 4.74 Å². The van der Waals surface area contributed by atoms with Crippen molar-refractivity contribution in [3.63, 3.8) is 0 Å². The second-order valence-electron chi connectivity index (χ2n) is 6.84. The Labute approximate surface area is 174 Å². The predicted molar refractivity (Wildman–Crippen MR) is 116 cm³/mol. The number of aryl methyl sites for hydroxylation is 1. The van der Waals surface area contributed by atoms with Gasteiger partial charge >= 0.3 is 0 Å². The van der Waals surface area contributed by atoms with Crippen LogP contribution in [0.5, 0.6) is 5.75 Å². The first-order valence-electron chi connectivity index (χ1n) is 9.13. The van der Waals surface area contributed by atoms with Crippen molar-refractivity contribution in [1.29, 1.82) is 0 Å². The fourth-order valence-electron chi connectivity index (χ4n) is 3.35. The van der Waals surface area contributed by atoms with Gasteiger partial charge in [-0.3, -0.25) is 0 Å². The van der Waals surface area contributed by atoms with Crippen LogP contribution in [-0.2, 0) is 6.54 Å². The maximum Gasteiger partial charge on any atom is 0.153 e. The Bertz CT molecular complexity index is 1120. The van der Waals surface area contributed by atoms with E-state index in [1.807, 2.05) is 68.4 Å². The van der Waals surface area contributed by atoms with Crippen molar-refractivity contribution in [3.8, 4) is 5.75 Å². The average molecular weight is 411 g/mol. The third kappa shape index (κ3) is 3.87. The van der Waals surface area contributed by atoms with Crippen molar-refractivity contribution in [2.24, 2.45) is 0 Å². The Morgan fingerprint density at radius 2 is 1.68 bits per heavy atom. The van der Waals surface area contributed by atoms with E-state index in [4.69, 9.17) is 32.9 Å². The molecule has 0 aliphatic carbocycles. The summed E-state index contributed by atoms with van der Waals surface area (Å²) in [4.78, 5) is 4.84. The van der Waals surface area contributed by atoms with Crippen LogP contribution in [0.1, 0.15) is 30.0 Å². The van der Waals surface area contributed by atoms with E-state index in [9.17, 15) is 0 Å². The van der Waals surface area contributed by atoms with Crippen LogP contribution >= 0.6 is 23.2 Å². The number of fused-ring (bicyclic) bond motifs is 1. The largest absolute Gasteiger partial charge is 0.483 e. The molecule has 4 rings (SSSR count). The van der Waals surface area contributed by atoms with Gasteiger partial charge in [-0.25, -0.2) is 4.98 Å². The van der Waals surface area contributed by atoms with Crippen LogP contribution in [-0.4, -0.2) is 9.55 Å². The minimum Gasteiger partial charge on any atom is -0.483 e. The molecule has 0 unspecified atom stereocenters. The molecule has 0 aliphatic heterocycles. The van der Waals surface area contributed by atoms with E-state index in [0.29, 0.717) is 16.6 Å². The molecular weight excluding hydrogens is 391 g/mol. The van der Waals surface area contributed by atoms with E-state index < -0.39 is 0 Å². The molecular formula is C23H20Cl2N2O. The second-order valence-corrected chi connectivity index (χ2v) is 7.72. The highest BCUT2D eigenvalue weighted by atomic mass is 35.5. The van der Waals surface area contributed by atoms with E-state index in [1.165, 1.54) is 5.56 Å². The Morgan fingerprint density at radius 3 is 2.43 bits per heavy atom. The molecule has 0 aliphatic rings. The Kier molecular flexibility index (Phi) is 5.29. The number of hydrogen-bond donors (Lipinski definition) is 0. The molecule has 142 valence electrons. The van der Waals surface area contributed by atoms with Crippen LogP contribution < -0.4 is 4.74 Å². The highest BCUT2D eigenvalue weighted by molar-refractivity contribution is 6.31. The lowest BCUT2D eigenvalue weighted by Crippen LogP contribution is -2.13. The molecule has 0 amide bonds. The quantitative estimate of drug-likeness (QED) is 0.360. The number of imidazole rings is 1. The summed E-state index contributed by atoms with van der Waals surface area (Å²) < 4.78 is 8.44. The van der Waals surface area contributed by atoms with E-state index >= 15 is 0 Å². The van der Waals surface area contributed by atoms with Crippen molar-refractivity contribution in [2.75, 3.05) is 0 Å². The van der Waals surface area contributed by atoms with Gasteiger partial charge in [-0.1, -0.05) is 53.5 Å². The lowest BCUT2D eigenvalue weighted by molar-refractivity contribution is 0.211. The van der Waals surface area contributed by atoms with Gasteiger partial charge in [-0.05, 0) is 61.4 Å². The van der Waals surface area contributed by atoms with Crippen LogP contribution in [0.15, 0.2) is 66.7 Å². The predicted octanol–water partition coefficient (Wildman–Crippen LogP) is 6.84. The van der Waals surface area contributed by atoms with Crippen LogP contribution in [0, 0.1) is 6.92 Å². The van der Waals surface area contributed by atoms with Gasteiger partial charge in [-0.2, -0.15) is 0 Å². The molecule has 0 saturated heterocycles. The lowest BCUT2D eigenvalue weighted by Gasteiger charge is -2.18. The molecule has 3 nitrogen and oxygen atoms in total. The van der Waals surface area contributed by atoms with Crippen LogP contribution in [0.2, 0.25) is 10.0 Å². The summed E-state index contributed by atoms with van der Waals surface area (Å²) in [5.74, 6) is 1.66.